The number of hydrogen-bond acceptors (Lipinski definition) is 3. The molecule has 1 aliphatic heterocycles. The van der Waals surface area contributed by atoms with Crippen molar-refractivity contribution >= 4 is 5.91 Å². The van der Waals surface area contributed by atoms with Crippen LogP contribution in [-0.2, 0) is 21.4 Å². The minimum absolute atomic E-state index is 0.110. The van der Waals surface area contributed by atoms with Crippen molar-refractivity contribution in [2.24, 2.45) is 5.92 Å². The smallest absolute Gasteiger partial charge is 0.233 e. The molecule has 1 spiro atoms. The largest absolute Gasteiger partial charge is 0.377 e. The first kappa shape index (κ1) is 16.1. The zero-order valence-electron chi connectivity index (χ0n) is 14.4. The summed E-state index contributed by atoms with van der Waals surface area (Å²) >= 11 is 0. The molecule has 2 fully saturated rings. The number of amides is 1. The molecule has 2 N–H and O–H groups in total. The molecule has 4 heteroatoms. The fourth-order valence-electron chi connectivity index (χ4n) is 4.69. The Balaban J connectivity index is 1.23. The van der Waals surface area contributed by atoms with Gasteiger partial charge in [0.2, 0.25) is 5.91 Å². The van der Waals surface area contributed by atoms with Crippen LogP contribution in [0.25, 0.3) is 0 Å². The SMILES string of the molecule is O=C(CNCC1CCCO1)NCC1CC12CCCc1ccccc12. The molecule has 0 bridgehead atoms. The number of fused-ring (bicyclic) bond motifs is 2. The number of ether oxygens (including phenoxy) is 1. The van der Waals surface area contributed by atoms with Crippen molar-refractivity contribution in [3.8, 4) is 0 Å². The van der Waals surface area contributed by atoms with Crippen molar-refractivity contribution in [2.75, 3.05) is 26.2 Å². The number of nitrogens with one attached hydrogen (secondary N) is 2. The Morgan fingerprint density at radius 2 is 2.17 bits per heavy atom. The summed E-state index contributed by atoms with van der Waals surface area (Å²) in [6, 6.07) is 8.89. The molecule has 3 aliphatic rings. The van der Waals surface area contributed by atoms with Crippen LogP contribution in [-0.4, -0.2) is 38.3 Å². The zero-order valence-corrected chi connectivity index (χ0v) is 14.4. The fourth-order valence-corrected chi connectivity index (χ4v) is 4.69. The van der Waals surface area contributed by atoms with E-state index >= 15 is 0 Å². The molecule has 0 aromatic heterocycles. The molecule has 24 heavy (non-hydrogen) atoms. The molecule has 0 radical (unpaired) electrons. The highest BCUT2D eigenvalue weighted by molar-refractivity contribution is 5.78. The predicted molar refractivity (Wildman–Crippen MR) is 94.0 cm³/mol. The lowest BCUT2D eigenvalue weighted by atomic mass is 9.78. The zero-order chi connectivity index (χ0) is 16.4. The van der Waals surface area contributed by atoms with Crippen molar-refractivity contribution in [1.29, 1.82) is 0 Å². The Morgan fingerprint density at radius 1 is 1.25 bits per heavy atom. The van der Waals surface area contributed by atoms with Gasteiger partial charge in [0, 0.05) is 25.1 Å². The summed E-state index contributed by atoms with van der Waals surface area (Å²) < 4.78 is 5.56. The monoisotopic (exact) mass is 328 g/mol. The van der Waals surface area contributed by atoms with Gasteiger partial charge in [-0.3, -0.25) is 4.79 Å². The van der Waals surface area contributed by atoms with Crippen molar-refractivity contribution in [2.45, 2.75) is 50.0 Å². The van der Waals surface area contributed by atoms with Gasteiger partial charge >= 0.3 is 0 Å². The van der Waals surface area contributed by atoms with Gasteiger partial charge < -0.3 is 15.4 Å². The second kappa shape index (κ2) is 6.85. The maximum atomic E-state index is 12.1. The van der Waals surface area contributed by atoms with Crippen LogP contribution in [0.5, 0.6) is 0 Å². The van der Waals surface area contributed by atoms with Crippen LogP contribution < -0.4 is 10.6 Å². The summed E-state index contributed by atoms with van der Waals surface area (Å²) in [6.07, 6.45) is 7.55. The van der Waals surface area contributed by atoms with Gasteiger partial charge in [0.05, 0.1) is 12.6 Å². The van der Waals surface area contributed by atoms with E-state index < -0.39 is 0 Å². The second-order valence-electron chi connectivity index (χ2n) is 7.64. The van der Waals surface area contributed by atoms with Gasteiger partial charge in [0.25, 0.3) is 0 Å². The lowest BCUT2D eigenvalue weighted by Gasteiger charge is -2.26. The van der Waals surface area contributed by atoms with Gasteiger partial charge in [-0.15, -0.1) is 0 Å². The van der Waals surface area contributed by atoms with Gasteiger partial charge in [-0.1, -0.05) is 24.3 Å². The molecular formula is C20H28N2O2. The Morgan fingerprint density at radius 3 is 3.04 bits per heavy atom. The molecule has 1 heterocycles. The first-order chi connectivity index (χ1) is 11.8. The Hall–Kier alpha value is -1.39. The van der Waals surface area contributed by atoms with Crippen molar-refractivity contribution < 1.29 is 9.53 Å². The average Bonchev–Trinajstić information content (AvgIpc) is 3.03. The molecule has 4 nitrogen and oxygen atoms in total. The van der Waals surface area contributed by atoms with Gasteiger partial charge in [0.15, 0.2) is 0 Å². The van der Waals surface area contributed by atoms with E-state index in [1.165, 1.54) is 31.2 Å². The van der Waals surface area contributed by atoms with Crippen LogP contribution in [0.1, 0.15) is 43.2 Å². The first-order valence-electron chi connectivity index (χ1n) is 9.45. The van der Waals surface area contributed by atoms with Crippen LogP contribution in [0.15, 0.2) is 24.3 Å². The van der Waals surface area contributed by atoms with E-state index in [9.17, 15) is 4.79 Å². The molecule has 1 aromatic rings. The van der Waals surface area contributed by atoms with E-state index in [0.29, 0.717) is 24.0 Å². The predicted octanol–water partition coefficient (Wildman–Crippen LogP) is 2.17. The minimum atomic E-state index is 0.110. The number of rotatable bonds is 6. The standard InChI is InChI=1S/C20H28N2O2/c23-19(14-21-13-17-7-4-10-24-17)22-12-16-11-20(16)9-3-6-15-5-1-2-8-18(15)20/h1-2,5,8,16-17,21H,3-4,6-7,9-14H2,(H,22,23). The molecule has 3 unspecified atom stereocenters. The molecule has 3 atom stereocenters. The third-order valence-electron chi connectivity index (χ3n) is 6.08. The van der Waals surface area contributed by atoms with E-state index in [4.69, 9.17) is 4.74 Å². The lowest BCUT2D eigenvalue weighted by Crippen LogP contribution is -2.38. The summed E-state index contributed by atoms with van der Waals surface area (Å²) in [7, 11) is 0. The van der Waals surface area contributed by atoms with Crippen molar-refractivity contribution in [3.63, 3.8) is 0 Å². The van der Waals surface area contributed by atoms with Gasteiger partial charge in [0.1, 0.15) is 0 Å². The van der Waals surface area contributed by atoms with E-state index in [2.05, 4.69) is 34.9 Å². The number of hydrogen-bond donors (Lipinski definition) is 2. The van der Waals surface area contributed by atoms with E-state index in [0.717, 1.165) is 32.5 Å². The van der Waals surface area contributed by atoms with E-state index in [1.54, 1.807) is 5.56 Å². The van der Waals surface area contributed by atoms with Crippen LogP contribution in [0.4, 0.5) is 0 Å². The Kier molecular flexibility index (Phi) is 4.59. The van der Waals surface area contributed by atoms with E-state index in [1.807, 2.05) is 0 Å². The minimum Gasteiger partial charge on any atom is -0.377 e. The number of carbonyl (C=O) groups excluding carboxylic acids is 1. The highest BCUT2D eigenvalue weighted by Crippen LogP contribution is 2.59. The summed E-state index contributed by atoms with van der Waals surface area (Å²) in [4.78, 5) is 12.1. The maximum absolute atomic E-state index is 12.1. The fraction of sp³-hybridized carbons (Fsp3) is 0.650. The van der Waals surface area contributed by atoms with Crippen molar-refractivity contribution in [3.05, 3.63) is 35.4 Å². The normalized spacial score (nSPS) is 31.0. The highest BCUT2D eigenvalue weighted by atomic mass is 16.5. The molecular weight excluding hydrogens is 300 g/mol. The van der Waals surface area contributed by atoms with Crippen LogP contribution in [0.2, 0.25) is 0 Å². The van der Waals surface area contributed by atoms with Crippen LogP contribution in [0.3, 0.4) is 0 Å². The third-order valence-corrected chi connectivity index (χ3v) is 6.08. The maximum Gasteiger partial charge on any atom is 0.233 e. The average molecular weight is 328 g/mol. The summed E-state index contributed by atoms with van der Waals surface area (Å²) in [5, 5.41) is 6.35. The molecule has 1 aromatic carbocycles. The third kappa shape index (κ3) is 3.22. The molecule has 1 amide bonds. The Labute approximate surface area is 144 Å². The number of carbonyl (C=O) groups is 1. The lowest BCUT2D eigenvalue weighted by molar-refractivity contribution is -0.120. The van der Waals surface area contributed by atoms with E-state index in [-0.39, 0.29) is 5.91 Å². The number of aryl methyl sites for hydroxylation is 1. The Bertz CT molecular complexity index is 597. The number of benzene rings is 1. The molecule has 130 valence electrons. The quantitative estimate of drug-likeness (QED) is 0.841. The molecule has 2 aliphatic carbocycles. The summed E-state index contributed by atoms with van der Waals surface area (Å²) in [6.45, 7) is 2.86. The van der Waals surface area contributed by atoms with Gasteiger partial charge in [-0.2, -0.15) is 0 Å². The summed E-state index contributed by atoms with van der Waals surface area (Å²) in [5.74, 6) is 0.722. The van der Waals surface area contributed by atoms with Gasteiger partial charge in [-0.05, 0) is 55.6 Å². The molecule has 1 saturated carbocycles. The topological polar surface area (TPSA) is 50.4 Å². The molecule has 1 saturated heterocycles. The second-order valence-corrected chi connectivity index (χ2v) is 7.64. The molecule has 4 rings (SSSR count). The van der Waals surface area contributed by atoms with Crippen molar-refractivity contribution in [1.82, 2.24) is 10.6 Å². The van der Waals surface area contributed by atoms with Gasteiger partial charge in [-0.25, -0.2) is 0 Å². The van der Waals surface area contributed by atoms with Crippen LogP contribution >= 0.6 is 0 Å². The summed E-state index contributed by atoms with van der Waals surface area (Å²) in [5.41, 5.74) is 3.43. The van der Waals surface area contributed by atoms with Crippen LogP contribution in [0, 0.1) is 5.92 Å². The highest BCUT2D eigenvalue weighted by Gasteiger charge is 2.56. The first-order valence-corrected chi connectivity index (χ1v) is 9.45.